The van der Waals surface area contributed by atoms with Gasteiger partial charge in [0.05, 0.1) is 12.6 Å². The summed E-state index contributed by atoms with van der Waals surface area (Å²) >= 11 is 0. The van der Waals surface area contributed by atoms with Crippen molar-refractivity contribution < 1.29 is 24.2 Å². The van der Waals surface area contributed by atoms with Gasteiger partial charge in [0.25, 0.3) is 0 Å². The third-order valence-corrected chi connectivity index (χ3v) is 6.93. The minimum atomic E-state index is -0.332. The summed E-state index contributed by atoms with van der Waals surface area (Å²) in [7, 11) is 0. The molecule has 0 aliphatic heterocycles. The van der Waals surface area contributed by atoms with E-state index in [4.69, 9.17) is 9.47 Å². The molecule has 0 aromatic heterocycles. The number of nitrogens with one attached hydrogen (secondary N) is 2. The summed E-state index contributed by atoms with van der Waals surface area (Å²) in [5, 5.41) is 14.7. The van der Waals surface area contributed by atoms with E-state index in [1.165, 1.54) is 95.6 Å². The highest BCUT2D eigenvalue weighted by atomic mass is 16.5. The molecule has 1 aromatic carbocycles. The van der Waals surface area contributed by atoms with E-state index in [1.54, 1.807) is 12.1 Å². The summed E-state index contributed by atoms with van der Waals surface area (Å²) in [5.41, 5.74) is 0. The molecule has 7 nitrogen and oxygen atoms in total. The number of rotatable bonds is 26. The second kappa shape index (κ2) is 24.7. The predicted octanol–water partition coefficient (Wildman–Crippen LogP) is 7.06. The molecule has 0 radical (unpaired) electrons. The molecule has 1 unspecified atom stereocenters. The molecule has 1 rings (SSSR count). The number of phenols is 1. The normalized spacial score (nSPS) is 11.7. The number of aromatic hydroxyl groups is 1. The zero-order valence-electron chi connectivity index (χ0n) is 24.8. The lowest BCUT2D eigenvalue weighted by Crippen LogP contribution is -2.34. The Labute approximate surface area is 237 Å². The smallest absolute Gasteiger partial charge is 0.229 e. The first-order valence-electron chi connectivity index (χ1n) is 15.6. The lowest BCUT2D eigenvalue weighted by Gasteiger charge is -2.16. The van der Waals surface area contributed by atoms with Crippen LogP contribution in [-0.4, -0.2) is 49.3 Å². The van der Waals surface area contributed by atoms with Crippen LogP contribution in [0.25, 0.3) is 0 Å². The van der Waals surface area contributed by atoms with Crippen molar-refractivity contribution in [2.45, 2.75) is 129 Å². The molecule has 0 aliphatic carbocycles. The second-order valence-corrected chi connectivity index (χ2v) is 10.5. The van der Waals surface area contributed by atoms with Gasteiger partial charge in [-0.05, 0) is 43.5 Å². The monoisotopic (exact) mass is 548 g/mol. The highest BCUT2D eigenvalue weighted by Gasteiger charge is 2.09. The van der Waals surface area contributed by atoms with E-state index in [2.05, 4.69) is 24.5 Å². The topological polar surface area (TPSA) is 96.9 Å². The summed E-state index contributed by atoms with van der Waals surface area (Å²) in [6.07, 6.45) is 20.7. The van der Waals surface area contributed by atoms with E-state index in [0.29, 0.717) is 31.5 Å². The van der Waals surface area contributed by atoms with Gasteiger partial charge in [-0.15, -0.1) is 0 Å². The Kier molecular flexibility index (Phi) is 22.0. The van der Waals surface area contributed by atoms with E-state index in [0.717, 1.165) is 19.3 Å². The summed E-state index contributed by atoms with van der Waals surface area (Å²) in [6.45, 7) is 6.16. The number of unbranched alkanes of at least 4 members (excludes halogenated alkanes) is 12. The van der Waals surface area contributed by atoms with Crippen LogP contribution in [0.5, 0.6) is 11.5 Å². The van der Waals surface area contributed by atoms with Gasteiger partial charge in [0.2, 0.25) is 11.8 Å². The Morgan fingerprint density at radius 1 is 0.718 bits per heavy atom. The fourth-order valence-corrected chi connectivity index (χ4v) is 4.52. The standard InChI is InChI=1S/C32H56N2O5/c1-3-5-6-7-8-9-10-11-12-13-14-15-16-18-29(4-2)38-25-17-23-33-31(36)27-32(37)34-24-26-39-30-21-19-28(35)20-22-30/h19-22,29,35H,3-18,23-27H2,1-2H3,(H,33,36)(H,34,37). The second-order valence-electron chi connectivity index (χ2n) is 10.5. The third kappa shape index (κ3) is 21.2. The van der Waals surface area contributed by atoms with Crippen LogP contribution in [0, 0.1) is 0 Å². The van der Waals surface area contributed by atoms with Crippen LogP contribution in [0.2, 0.25) is 0 Å². The number of ether oxygens (including phenoxy) is 2. The quantitative estimate of drug-likeness (QED) is 0.0850. The predicted molar refractivity (Wildman–Crippen MR) is 159 cm³/mol. The number of carbonyl (C=O) groups excluding carboxylic acids is 2. The van der Waals surface area contributed by atoms with Crippen LogP contribution < -0.4 is 15.4 Å². The maximum Gasteiger partial charge on any atom is 0.229 e. The molecule has 39 heavy (non-hydrogen) atoms. The number of hydrogen-bond acceptors (Lipinski definition) is 5. The Balaban J connectivity index is 1.91. The van der Waals surface area contributed by atoms with E-state index in [1.807, 2.05) is 0 Å². The minimum Gasteiger partial charge on any atom is -0.508 e. The van der Waals surface area contributed by atoms with Crippen LogP contribution in [0.4, 0.5) is 0 Å². The molecule has 0 spiro atoms. The number of carbonyl (C=O) groups is 2. The van der Waals surface area contributed by atoms with Gasteiger partial charge >= 0.3 is 0 Å². The molecular formula is C32H56N2O5. The van der Waals surface area contributed by atoms with Crippen molar-refractivity contribution in [1.82, 2.24) is 10.6 Å². The van der Waals surface area contributed by atoms with Gasteiger partial charge in [-0.2, -0.15) is 0 Å². The Morgan fingerprint density at radius 2 is 1.26 bits per heavy atom. The van der Waals surface area contributed by atoms with Gasteiger partial charge in [-0.3, -0.25) is 9.59 Å². The van der Waals surface area contributed by atoms with Gasteiger partial charge in [0.15, 0.2) is 0 Å². The fraction of sp³-hybridized carbons (Fsp3) is 0.750. The van der Waals surface area contributed by atoms with Crippen molar-refractivity contribution in [2.24, 2.45) is 0 Å². The molecule has 3 N–H and O–H groups in total. The molecule has 0 saturated carbocycles. The van der Waals surface area contributed by atoms with Gasteiger partial charge in [0.1, 0.15) is 24.5 Å². The first kappa shape index (κ1) is 34.7. The van der Waals surface area contributed by atoms with Crippen molar-refractivity contribution in [3.05, 3.63) is 24.3 Å². The van der Waals surface area contributed by atoms with Crippen molar-refractivity contribution in [1.29, 1.82) is 0 Å². The van der Waals surface area contributed by atoms with Crippen molar-refractivity contribution >= 4 is 11.8 Å². The highest BCUT2D eigenvalue weighted by molar-refractivity contribution is 5.96. The Bertz CT molecular complexity index is 726. The summed E-state index contributed by atoms with van der Waals surface area (Å²) in [5.74, 6) is 0.160. The fourth-order valence-electron chi connectivity index (χ4n) is 4.52. The SMILES string of the molecule is CCCCCCCCCCCCCCCC(CC)OCCCNC(=O)CC(=O)NCCOc1ccc(O)cc1. The van der Waals surface area contributed by atoms with Crippen LogP contribution in [-0.2, 0) is 14.3 Å². The van der Waals surface area contributed by atoms with Crippen LogP contribution in [0.1, 0.15) is 123 Å². The molecule has 1 atom stereocenters. The van der Waals surface area contributed by atoms with Gasteiger partial charge in [-0.1, -0.05) is 97.3 Å². The van der Waals surface area contributed by atoms with Crippen molar-refractivity contribution in [3.8, 4) is 11.5 Å². The molecule has 0 saturated heterocycles. The largest absolute Gasteiger partial charge is 0.508 e. The highest BCUT2D eigenvalue weighted by Crippen LogP contribution is 2.16. The minimum absolute atomic E-state index is 0.170. The summed E-state index contributed by atoms with van der Waals surface area (Å²) in [6, 6.07) is 6.37. The zero-order valence-corrected chi connectivity index (χ0v) is 24.8. The number of benzene rings is 1. The third-order valence-electron chi connectivity index (χ3n) is 6.93. The van der Waals surface area contributed by atoms with Crippen molar-refractivity contribution in [3.63, 3.8) is 0 Å². The lowest BCUT2D eigenvalue weighted by molar-refractivity contribution is -0.129. The number of hydrogen-bond donors (Lipinski definition) is 3. The molecule has 0 bridgehead atoms. The average molecular weight is 549 g/mol. The van der Waals surface area contributed by atoms with E-state index < -0.39 is 0 Å². The number of amides is 2. The van der Waals surface area contributed by atoms with E-state index >= 15 is 0 Å². The molecule has 1 aromatic rings. The maximum absolute atomic E-state index is 12.0. The molecule has 0 fully saturated rings. The van der Waals surface area contributed by atoms with Crippen molar-refractivity contribution in [2.75, 3.05) is 26.3 Å². The Hall–Kier alpha value is -2.28. The molecule has 224 valence electrons. The van der Waals surface area contributed by atoms with Crippen LogP contribution in [0.3, 0.4) is 0 Å². The average Bonchev–Trinajstić information content (AvgIpc) is 2.93. The summed E-state index contributed by atoms with van der Waals surface area (Å²) < 4.78 is 11.5. The first-order valence-corrected chi connectivity index (χ1v) is 15.6. The maximum atomic E-state index is 12.0. The van der Waals surface area contributed by atoms with Gasteiger partial charge in [0, 0.05) is 13.2 Å². The molecule has 2 amide bonds. The molecular weight excluding hydrogens is 492 g/mol. The zero-order chi connectivity index (χ0) is 28.4. The van der Waals surface area contributed by atoms with Gasteiger partial charge < -0.3 is 25.2 Å². The number of phenolic OH excluding ortho intramolecular Hbond substituents is 1. The first-order chi connectivity index (χ1) is 19.0. The molecule has 0 heterocycles. The van der Waals surface area contributed by atoms with Gasteiger partial charge in [-0.25, -0.2) is 0 Å². The lowest BCUT2D eigenvalue weighted by atomic mass is 10.0. The van der Waals surface area contributed by atoms with Crippen LogP contribution >= 0.6 is 0 Å². The Morgan fingerprint density at radius 3 is 1.82 bits per heavy atom. The summed E-state index contributed by atoms with van der Waals surface area (Å²) in [4.78, 5) is 23.9. The van der Waals surface area contributed by atoms with Crippen LogP contribution in [0.15, 0.2) is 24.3 Å². The van der Waals surface area contributed by atoms with E-state index in [-0.39, 0.29) is 30.6 Å². The molecule has 7 heteroatoms. The van der Waals surface area contributed by atoms with E-state index in [9.17, 15) is 14.7 Å². The molecule has 0 aliphatic rings.